The number of nitrogens with zero attached hydrogens (tertiary/aromatic N) is 1. The molecule has 0 N–H and O–H groups in total. The molecule has 15 heavy (non-hydrogen) atoms. The van der Waals surface area contributed by atoms with Gasteiger partial charge in [0.15, 0.2) is 0 Å². The van der Waals surface area contributed by atoms with Crippen LogP contribution in [0.5, 0.6) is 0 Å². The Balaban J connectivity index is 2.39. The summed E-state index contributed by atoms with van der Waals surface area (Å²) in [6.45, 7) is 0. The maximum atomic E-state index is 11.9. The van der Waals surface area contributed by atoms with E-state index < -0.39 is 5.41 Å². The molecule has 1 heterocycles. The van der Waals surface area contributed by atoms with Crippen molar-refractivity contribution in [3.05, 3.63) is 30.1 Å². The Kier molecular flexibility index (Phi) is 2.71. The number of carbonyl (C=O) groups is 1. The third-order valence-corrected chi connectivity index (χ3v) is 3.19. The summed E-state index contributed by atoms with van der Waals surface area (Å²) in [4.78, 5) is 16.2. The first-order valence-electron chi connectivity index (χ1n) is 5.29. The lowest BCUT2D eigenvalue weighted by molar-refractivity contribution is -0.147. The molecular weight excluding hydrogens is 190 g/mol. The van der Waals surface area contributed by atoms with Gasteiger partial charge in [-0.05, 0) is 25.0 Å². The number of carbonyl (C=O) groups excluding carboxylic acids is 1. The van der Waals surface area contributed by atoms with E-state index in [0.29, 0.717) is 0 Å². The van der Waals surface area contributed by atoms with E-state index in [2.05, 4.69) is 4.98 Å². The van der Waals surface area contributed by atoms with Crippen molar-refractivity contribution >= 4 is 5.97 Å². The van der Waals surface area contributed by atoms with Crippen LogP contribution in [0.1, 0.15) is 31.4 Å². The van der Waals surface area contributed by atoms with Gasteiger partial charge in [-0.1, -0.05) is 18.9 Å². The van der Waals surface area contributed by atoms with Crippen molar-refractivity contribution in [3.63, 3.8) is 0 Å². The number of ether oxygens (including phenoxy) is 1. The first kappa shape index (κ1) is 10.1. The fourth-order valence-electron chi connectivity index (χ4n) is 2.38. The van der Waals surface area contributed by atoms with Crippen LogP contribution in [0.15, 0.2) is 24.4 Å². The molecule has 0 aromatic carbocycles. The third kappa shape index (κ3) is 1.62. The summed E-state index contributed by atoms with van der Waals surface area (Å²) in [7, 11) is 1.45. The highest BCUT2D eigenvalue weighted by Gasteiger charge is 2.44. The largest absolute Gasteiger partial charge is 0.468 e. The van der Waals surface area contributed by atoms with Crippen LogP contribution >= 0.6 is 0 Å². The Morgan fingerprint density at radius 2 is 2.13 bits per heavy atom. The molecule has 2 rings (SSSR count). The summed E-state index contributed by atoms with van der Waals surface area (Å²) < 4.78 is 4.91. The molecule has 3 heteroatoms. The van der Waals surface area contributed by atoms with Gasteiger partial charge in [0.1, 0.15) is 5.41 Å². The lowest BCUT2D eigenvalue weighted by Crippen LogP contribution is -2.34. The van der Waals surface area contributed by atoms with Gasteiger partial charge in [-0.3, -0.25) is 9.78 Å². The predicted octanol–water partition coefficient (Wildman–Crippen LogP) is 2.07. The summed E-state index contributed by atoms with van der Waals surface area (Å²) in [5.41, 5.74) is 0.380. The van der Waals surface area contributed by atoms with Crippen LogP contribution in [-0.2, 0) is 14.9 Å². The van der Waals surface area contributed by atoms with E-state index in [1.807, 2.05) is 18.2 Å². The van der Waals surface area contributed by atoms with Gasteiger partial charge in [0, 0.05) is 6.20 Å². The van der Waals surface area contributed by atoms with Crippen LogP contribution in [0.4, 0.5) is 0 Å². The molecule has 0 unspecified atom stereocenters. The molecule has 1 aliphatic rings. The van der Waals surface area contributed by atoms with E-state index in [1.165, 1.54) is 7.11 Å². The van der Waals surface area contributed by atoms with E-state index in [-0.39, 0.29) is 5.97 Å². The molecule has 1 aromatic rings. The van der Waals surface area contributed by atoms with Gasteiger partial charge in [0.2, 0.25) is 0 Å². The number of pyridine rings is 1. The molecule has 0 aliphatic heterocycles. The van der Waals surface area contributed by atoms with Crippen molar-refractivity contribution in [3.8, 4) is 0 Å². The molecule has 0 bridgehead atoms. The van der Waals surface area contributed by atoms with Crippen LogP contribution in [0.25, 0.3) is 0 Å². The van der Waals surface area contributed by atoms with Crippen LogP contribution in [0, 0.1) is 0 Å². The van der Waals surface area contributed by atoms with E-state index >= 15 is 0 Å². The zero-order chi connectivity index (χ0) is 10.7. The Morgan fingerprint density at radius 1 is 1.40 bits per heavy atom. The van der Waals surface area contributed by atoms with Crippen LogP contribution < -0.4 is 0 Å². The van der Waals surface area contributed by atoms with Crippen molar-refractivity contribution in [2.75, 3.05) is 7.11 Å². The number of esters is 1. The Bertz CT molecular complexity index is 342. The Labute approximate surface area is 89.5 Å². The predicted molar refractivity (Wildman–Crippen MR) is 56.4 cm³/mol. The minimum Gasteiger partial charge on any atom is -0.468 e. The number of hydrogen-bond donors (Lipinski definition) is 0. The van der Waals surface area contributed by atoms with Crippen molar-refractivity contribution in [2.24, 2.45) is 0 Å². The zero-order valence-corrected chi connectivity index (χ0v) is 8.90. The fraction of sp³-hybridized carbons (Fsp3) is 0.500. The molecule has 1 aliphatic carbocycles. The normalized spacial score (nSPS) is 18.7. The molecule has 0 radical (unpaired) electrons. The number of rotatable bonds is 2. The zero-order valence-electron chi connectivity index (χ0n) is 8.90. The van der Waals surface area contributed by atoms with Crippen molar-refractivity contribution in [2.45, 2.75) is 31.1 Å². The monoisotopic (exact) mass is 205 g/mol. The highest BCUT2D eigenvalue weighted by Crippen LogP contribution is 2.40. The lowest BCUT2D eigenvalue weighted by atomic mass is 9.82. The average molecular weight is 205 g/mol. The fourth-order valence-corrected chi connectivity index (χ4v) is 2.38. The molecule has 0 saturated heterocycles. The SMILES string of the molecule is COC(=O)C1(c2ccccn2)CCCC1. The van der Waals surface area contributed by atoms with Gasteiger partial charge in [-0.15, -0.1) is 0 Å². The third-order valence-electron chi connectivity index (χ3n) is 3.19. The minimum absolute atomic E-state index is 0.140. The summed E-state index contributed by atoms with van der Waals surface area (Å²) in [6.07, 6.45) is 5.60. The van der Waals surface area contributed by atoms with E-state index in [4.69, 9.17) is 4.74 Å². The molecule has 1 aromatic heterocycles. The molecule has 0 atom stereocenters. The molecule has 0 amide bonds. The van der Waals surface area contributed by atoms with Gasteiger partial charge in [0.25, 0.3) is 0 Å². The maximum absolute atomic E-state index is 11.9. The Hall–Kier alpha value is -1.38. The number of hydrogen-bond acceptors (Lipinski definition) is 3. The van der Waals surface area contributed by atoms with Crippen LogP contribution in [-0.4, -0.2) is 18.1 Å². The van der Waals surface area contributed by atoms with E-state index in [1.54, 1.807) is 6.20 Å². The second kappa shape index (κ2) is 4.01. The molecule has 80 valence electrons. The van der Waals surface area contributed by atoms with E-state index in [9.17, 15) is 4.79 Å². The summed E-state index contributed by atoms with van der Waals surface area (Å²) in [5, 5.41) is 0. The standard InChI is InChI=1S/C12H15NO2/c1-15-11(14)12(7-3-4-8-12)10-6-2-5-9-13-10/h2,5-6,9H,3-4,7-8H2,1H3. The maximum Gasteiger partial charge on any atom is 0.317 e. The molecule has 1 saturated carbocycles. The molecule has 0 spiro atoms. The van der Waals surface area contributed by atoms with Gasteiger partial charge < -0.3 is 4.74 Å². The average Bonchev–Trinajstić information content (AvgIpc) is 2.79. The van der Waals surface area contributed by atoms with Gasteiger partial charge >= 0.3 is 5.97 Å². The smallest absolute Gasteiger partial charge is 0.317 e. The summed E-state index contributed by atoms with van der Waals surface area (Å²) in [6, 6.07) is 5.71. The van der Waals surface area contributed by atoms with Crippen molar-refractivity contribution < 1.29 is 9.53 Å². The van der Waals surface area contributed by atoms with E-state index in [0.717, 1.165) is 31.4 Å². The molecule has 3 nitrogen and oxygen atoms in total. The van der Waals surface area contributed by atoms with Crippen LogP contribution in [0.2, 0.25) is 0 Å². The van der Waals surface area contributed by atoms with Gasteiger partial charge in [-0.25, -0.2) is 0 Å². The molecular formula is C12H15NO2. The van der Waals surface area contributed by atoms with Gasteiger partial charge in [-0.2, -0.15) is 0 Å². The van der Waals surface area contributed by atoms with Crippen molar-refractivity contribution in [1.82, 2.24) is 4.98 Å². The van der Waals surface area contributed by atoms with Gasteiger partial charge in [0.05, 0.1) is 12.8 Å². The first-order valence-corrected chi connectivity index (χ1v) is 5.29. The quantitative estimate of drug-likeness (QED) is 0.694. The van der Waals surface area contributed by atoms with Crippen molar-refractivity contribution in [1.29, 1.82) is 0 Å². The van der Waals surface area contributed by atoms with Crippen LogP contribution in [0.3, 0.4) is 0 Å². The highest BCUT2D eigenvalue weighted by atomic mass is 16.5. The molecule has 1 fully saturated rings. The summed E-state index contributed by atoms with van der Waals surface area (Å²) in [5.74, 6) is -0.140. The topological polar surface area (TPSA) is 39.2 Å². The second-order valence-corrected chi connectivity index (χ2v) is 4.00. The highest BCUT2D eigenvalue weighted by molar-refractivity contribution is 5.82. The number of aromatic nitrogens is 1. The Morgan fingerprint density at radius 3 is 2.67 bits per heavy atom. The first-order chi connectivity index (χ1) is 7.29. The number of methoxy groups -OCH3 is 1. The lowest BCUT2D eigenvalue weighted by Gasteiger charge is -2.24. The minimum atomic E-state index is -0.476. The summed E-state index contributed by atoms with van der Waals surface area (Å²) >= 11 is 0. The second-order valence-electron chi connectivity index (χ2n) is 4.00.